The third-order valence-corrected chi connectivity index (χ3v) is 2.45. The zero-order valence-corrected chi connectivity index (χ0v) is 9.86. The van der Waals surface area contributed by atoms with Gasteiger partial charge in [0.1, 0.15) is 3.70 Å². The van der Waals surface area contributed by atoms with E-state index in [1.54, 1.807) is 0 Å². The van der Waals surface area contributed by atoms with Gasteiger partial charge >= 0.3 is 6.47 Å². The smallest absolute Gasteiger partial charge is 0.417 e. The van der Waals surface area contributed by atoms with E-state index in [-0.39, 0.29) is 0 Å². The van der Waals surface area contributed by atoms with Crippen LogP contribution >= 0.6 is 22.6 Å². The first-order valence-corrected chi connectivity index (χ1v) is 5.50. The van der Waals surface area contributed by atoms with Crippen LogP contribution in [0.1, 0.15) is 18.4 Å². The van der Waals surface area contributed by atoms with Crippen molar-refractivity contribution >= 4 is 29.1 Å². The maximum atomic E-state index is 9.72. The highest BCUT2D eigenvalue weighted by atomic mass is 127. The van der Waals surface area contributed by atoms with Crippen LogP contribution in [0.3, 0.4) is 0 Å². The van der Waals surface area contributed by atoms with Gasteiger partial charge in [-0.2, -0.15) is 0 Å². The van der Waals surface area contributed by atoms with Crippen LogP contribution in [-0.4, -0.2) is 18.1 Å². The molecule has 1 aromatic rings. The Kier molecular flexibility index (Phi) is 5.51. The maximum Gasteiger partial charge on any atom is 0.417 e. The summed E-state index contributed by atoms with van der Waals surface area (Å²) in [4.78, 5) is 13.9. The Bertz CT molecular complexity index is 274. The first-order chi connectivity index (χ1) is 6.83. The van der Waals surface area contributed by atoms with Gasteiger partial charge in [-0.3, -0.25) is 4.98 Å². The summed E-state index contributed by atoms with van der Waals surface area (Å²) < 4.78 is 5.47. The molecule has 0 aliphatic heterocycles. The summed E-state index contributed by atoms with van der Waals surface area (Å²) in [6.45, 7) is 1.87. The number of rotatable bonds is 6. The molecule has 0 fully saturated rings. The quantitative estimate of drug-likeness (QED) is 0.459. The first-order valence-electron chi connectivity index (χ1n) is 4.42. The van der Waals surface area contributed by atoms with Gasteiger partial charge in [0.15, 0.2) is 0 Å². The number of aryl methyl sites for hydroxylation is 1. The third kappa shape index (κ3) is 4.55. The highest BCUT2D eigenvalue weighted by Gasteiger charge is 1.94. The minimum absolute atomic E-state index is 0.460. The molecule has 0 saturated carbocycles. The Morgan fingerprint density at radius 3 is 2.93 bits per heavy atom. The number of halogens is 1. The monoisotopic (exact) mass is 304 g/mol. The van der Waals surface area contributed by atoms with E-state index in [1.165, 1.54) is 12.0 Å². The van der Waals surface area contributed by atoms with Gasteiger partial charge in [0.2, 0.25) is 0 Å². The first kappa shape index (κ1) is 11.4. The number of ether oxygens (including phenoxy) is 1. The predicted octanol–water partition coefficient (Wildman–Crippen LogP) is 2.09. The molecule has 1 radical (unpaired) electrons. The fourth-order valence-corrected chi connectivity index (χ4v) is 1.42. The van der Waals surface area contributed by atoms with E-state index in [9.17, 15) is 4.79 Å². The Morgan fingerprint density at radius 2 is 2.29 bits per heavy atom. The second-order valence-corrected chi connectivity index (χ2v) is 3.98. The zero-order valence-electron chi connectivity index (χ0n) is 7.70. The van der Waals surface area contributed by atoms with Gasteiger partial charge in [-0.1, -0.05) is 6.07 Å². The molecule has 1 heterocycles. The summed E-state index contributed by atoms with van der Waals surface area (Å²) in [5, 5.41) is 0. The molecule has 0 atom stereocenters. The lowest BCUT2D eigenvalue weighted by atomic mass is 10.1. The molecular weight excluding hydrogens is 293 g/mol. The standard InChI is InChI=1S/C10H11INO2/c11-10-5-4-9(7-12-10)3-1-2-6-14-8-13/h4-5,7H,1-3,6H2. The topological polar surface area (TPSA) is 39.2 Å². The summed E-state index contributed by atoms with van der Waals surface area (Å²) in [7, 11) is 0. The van der Waals surface area contributed by atoms with Crippen LogP contribution in [0.4, 0.5) is 0 Å². The highest BCUT2D eigenvalue weighted by molar-refractivity contribution is 14.1. The van der Waals surface area contributed by atoms with Crippen molar-refractivity contribution in [2.75, 3.05) is 6.61 Å². The third-order valence-electron chi connectivity index (χ3n) is 1.81. The summed E-state index contributed by atoms with van der Waals surface area (Å²) >= 11 is 2.18. The van der Waals surface area contributed by atoms with E-state index in [0.29, 0.717) is 6.61 Å². The van der Waals surface area contributed by atoms with Gasteiger partial charge in [0.05, 0.1) is 6.61 Å². The molecule has 0 aliphatic carbocycles. The normalized spacial score (nSPS) is 9.79. The molecule has 1 aromatic heterocycles. The van der Waals surface area contributed by atoms with Gasteiger partial charge in [-0.25, -0.2) is 4.79 Å². The zero-order chi connectivity index (χ0) is 10.2. The molecule has 1 rings (SSSR count). The molecule has 3 nitrogen and oxygen atoms in total. The van der Waals surface area contributed by atoms with Crippen molar-refractivity contribution in [3.63, 3.8) is 0 Å². The molecule has 0 spiro atoms. The summed E-state index contributed by atoms with van der Waals surface area (Å²) in [6.07, 6.45) is 4.74. The van der Waals surface area contributed by atoms with Crippen LogP contribution in [0.15, 0.2) is 18.3 Å². The molecule has 0 bridgehead atoms. The van der Waals surface area contributed by atoms with Crippen LogP contribution in [0.2, 0.25) is 0 Å². The van der Waals surface area contributed by atoms with E-state index < -0.39 is 0 Å². The van der Waals surface area contributed by atoms with E-state index >= 15 is 0 Å². The molecule has 4 heteroatoms. The van der Waals surface area contributed by atoms with Crippen molar-refractivity contribution in [2.24, 2.45) is 0 Å². The fraction of sp³-hybridized carbons (Fsp3) is 0.400. The Morgan fingerprint density at radius 1 is 1.43 bits per heavy atom. The number of carbonyl (C=O) groups excluding carboxylic acids is 1. The minimum Gasteiger partial charge on any atom is -0.457 e. The number of hydrogen-bond acceptors (Lipinski definition) is 3. The van der Waals surface area contributed by atoms with Crippen molar-refractivity contribution in [1.29, 1.82) is 0 Å². The van der Waals surface area contributed by atoms with E-state index in [4.69, 9.17) is 0 Å². The van der Waals surface area contributed by atoms with Crippen LogP contribution in [-0.2, 0) is 16.0 Å². The maximum absolute atomic E-state index is 9.72. The van der Waals surface area contributed by atoms with Crippen molar-refractivity contribution in [1.82, 2.24) is 4.98 Å². The van der Waals surface area contributed by atoms with E-state index in [0.717, 1.165) is 23.0 Å². The van der Waals surface area contributed by atoms with Gasteiger partial charge in [-0.05, 0) is 53.5 Å². The summed E-state index contributed by atoms with van der Waals surface area (Å²) in [5.41, 5.74) is 1.22. The highest BCUT2D eigenvalue weighted by Crippen LogP contribution is 2.06. The molecule has 0 N–H and O–H groups in total. The molecule has 75 valence electrons. The van der Waals surface area contributed by atoms with Crippen LogP contribution in [0, 0.1) is 3.70 Å². The number of hydrogen-bond donors (Lipinski definition) is 0. The second kappa shape index (κ2) is 6.75. The SMILES string of the molecule is O=[C]OCCCCc1ccc(I)nc1. The summed E-state index contributed by atoms with van der Waals surface area (Å²) in [6, 6.07) is 4.06. The van der Waals surface area contributed by atoms with Crippen molar-refractivity contribution in [3.8, 4) is 0 Å². The lowest BCUT2D eigenvalue weighted by Crippen LogP contribution is -1.94. The largest absolute Gasteiger partial charge is 0.457 e. The Balaban J connectivity index is 2.18. The predicted molar refractivity (Wildman–Crippen MR) is 61.5 cm³/mol. The van der Waals surface area contributed by atoms with E-state index in [2.05, 4.69) is 38.4 Å². The molecule has 0 unspecified atom stereocenters. The van der Waals surface area contributed by atoms with Crippen LogP contribution in [0.5, 0.6) is 0 Å². The Labute approximate surface area is 97.0 Å². The number of pyridine rings is 1. The Hall–Kier alpha value is -0.650. The lowest BCUT2D eigenvalue weighted by Gasteiger charge is -2.00. The van der Waals surface area contributed by atoms with Crippen molar-refractivity contribution in [2.45, 2.75) is 19.3 Å². The number of unbranched alkanes of at least 4 members (excludes halogenated alkanes) is 1. The summed E-state index contributed by atoms with van der Waals surface area (Å²) in [5.74, 6) is 0. The molecule has 0 saturated heterocycles. The van der Waals surface area contributed by atoms with Gasteiger partial charge in [0.25, 0.3) is 0 Å². The average molecular weight is 304 g/mol. The lowest BCUT2D eigenvalue weighted by molar-refractivity contribution is 0.270. The fourth-order valence-electron chi connectivity index (χ4n) is 1.10. The molecule has 0 aromatic carbocycles. The van der Waals surface area contributed by atoms with E-state index in [1.807, 2.05) is 12.3 Å². The second-order valence-electron chi connectivity index (χ2n) is 2.88. The average Bonchev–Trinajstić information content (AvgIpc) is 2.21. The molecular formula is C10H11INO2. The van der Waals surface area contributed by atoms with Crippen LogP contribution < -0.4 is 0 Å². The number of nitrogens with zero attached hydrogens (tertiary/aromatic N) is 1. The number of aromatic nitrogens is 1. The minimum atomic E-state index is 0.460. The molecule has 14 heavy (non-hydrogen) atoms. The van der Waals surface area contributed by atoms with Gasteiger partial charge < -0.3 is 4.74 Å². The van der Waals surface area contributed by atoms with Crippen molar-refractivity contribution < 1.29 is 9.53 Å². The van der Waals surface area contributed by atoms with Gasteiger partial charge in [-0.15, -0.1) is 0 Å². The van der Waals surface area contributed by atoms with Crippen LogP contribution in [0.25, 0.3) is 0 Å². The molecule has 0 amide bonds. The van der Waals surface area contributed by atoms with Gasteiger partial charge in [0, 0.05) is 6.20 Å². The van der Waals surface area contributed by atoms with Crippen molar-refractivity contribution in [3.05, 3.63) is 27.6 Å². The molecule has 0 aliphatic rings.